The van der Waals surface area contributed by atoms with Gasteiger partial charge >= 0.3 is 0 Å². The van der Waals surface area contributed by atoms with Crippen molar-refractivity contribution < 1.29 is 27.4 Å². The summed E-state index contributed by atoms with van der Waals surface area (Å²) < 4.78 is 50.1. The third-order valence-electron chi connectivity index (χ3n) is 8.28. The fraction of sp³-hybridized carbons (Fsp3) is 0.643. The van der Waals surface area contributed by atoms with Gasteiger partial charge in [-0.05, 0) is 63.6 Å². The Hall–Kier alpha value is -2.18. The van der Waals surface area contributed by atoms with Gasteiger partial charge in [0.15, 0.2) is 16.8 Å². The van der Waals surface area contributed by atoms with E-state index in [1.54, 1.807) is 17.0 Å². The number of hydrogen-bond donors (Lipinski definition) is 1. The molecule has 0 saturated carbocycles. The molecule has 3 aliphatic rings. The number of likely N-dealkylation sites (tertiary alicyclic amines) is 1. The van der Waals surface area contributed by atoms with E-state index < -0.39 is 16.9 Å². The van der Waals surface area contributed by atoms with E-state index in [4.69, 9.17) is 14.6 Å². The minimum Gasteiger partial charge on any atom is -0.381 e. The molecule has 1 amide bonds. The first-order chi connectivity index (χ1) is 19.0. The van der Waals surface area contributed by atoms with Gasteiger partial charge in [-0.1, -0.05) is 19.1 Å². The first kappa shape index (κ1) is 28.4. The number of piperidine rings is 1. The van der Waals surface area contributed by atoms with Crippen LogP contribution in [0.5, 0.6) is 0 Å². The maximum absolute atomic E-state index is 14.9. The Morgan fingerprint density at radius 2 is 1.87 bits per heavy atom. The quantitative estimate of drug-likeness (QED) is 0.490. The van der Waals surface area contributed by atoms with E-state index in [0.29, 0.717) is 61.2 Å². The lowest BCUT2D eigenvalue weighted by atomic mass is 9.95. The number of hydrogen-bond acceptors (Lipinski definition) is 6. The number of carbonyl (C=O) groups excluding carboxylic acids is 1. The van der Waals surface area contributed by atoms with Gasteiger partial charge in [0.25, 0.3) is 5.91 Å². The minimum absolute atomic E-state index is 0.0387. The number of rotatable bonds is 8. The van der Waals surface area contributed by atoms with Crippen LogP contribution in [0, 0.1) is 11.7 Å². The molecule has 3 saturated heterocycles. The molecular formula is C28H39FN4O5S. The van der Waals surface area contributed by atoms with Crippen molar-refractivity contribution in [2.75, 3.05) is 59.2 Å². The molecule has 0 aliphatic carbocycles. The Labute approximate surface area is 231 Å². The molecule has 0 spiro atoms. The van der Waals surface area contributed by atoms with Crippen LogP contribution in [0.3, 0.4) is 0 Å². The van der Waals surface area contributed by atoms with Gasteiger partial charge in [0.2, 0.25) is 0 Å². The molecule has 39 heavy (non-hydrogen) atoms. The van der Waals surface area contributed by atoms with Gasteiger partial charge < -0.3 is 23.8 Å². The molecule has 1 aromatic carbocycles. The van der Waals surface area contributed by atoms with E-state index in [-0.39, 0.29) is 16.8 Å². The van der Waals surface area contributed by atoms with Gasteiger partial charge in [0.1, 0.15) is 10.7 Å². The third kappa shape index (κ3) is 6.27. The molecule has 214 valence electrons. The van der Waals surface area contributed by atoms with E-state index in [0.717, 1.165) is 65.0 Å². The van der Waals surface area contributed by atoms with E-state index in [1.807, 2.05) is 11.6 Å². The number of amides is 1. The summed E-state index contributed by atoms with van der Waals surface area (Å²) in [7, 11) is 0. The molecule has 1 aromatic heterocycles. The zero-order chi connectivity index (χ0) is 27.4. The first-order valence-corrected chi connectivity index (χ1v) is 15.3. The van der Waals surface area contributed by atoms with Crippen molar-refractivity contribution in [3.05, 3.63) is 35.3 Å². The Bertz CT molecular complexity index is 1180. The summed E-state index contributed by atoms with van der Waals surface area (Å²) in [6.45, 7) is 8.30. The highest BCUT2D eigenvalue weighted by atomic mass is 32.2. The number of halogens is 1. The lowest BCUT2D eigenvalue weighted by Crippen LogP contribution is -2.41. The standard InChI is InChI=1S/C28H39FN4O5S/c1-2-22-25(28(34)32-13-17-38-18-14-32)30-33(26(22)23-6-3-7-24(29)27(23)39(35)36)21-5-4-11-31(19-21)12-8-20-9-15-37-16-10-20/h3,6-7,20-21H,2,4-5,8-19H2,1H3,(H,35,36)/t21-/m1/s1. The number of benzene rings is 1. The molecule has 3 aliphatic heterocycles. The summed E-state index contributed by atoms with van der Waals surface area (Å²) in [5, 5.41) is 4.91. The van der Waals surface area contributed by atoms with E-state index in [9.17, 15) is 17.9 Å². The highest BCUT2D eigenvalue weighted by molar-refractivity contribution is 7.79. The second-order valence-corrected chi connectivity index (χ2v) is 11.6. The minimum atomic E-state index is -2.54. The highest BCUT2D eigenvalue weighted by Gasteiger charge is 2.33. The van der Waals surface area contributed by atoms with Gasteiger partial charge in [0, 0.05) is 44.0 Å². The van der Waals surface area contributed by atoms with Gasteiger partial charge in [-0.15, -0.1) is 0 Å². The number of nitrogens with zero attached hydrogens (tertiary/aromatic N) is 4. The van der Waals surface area contributed by atoms with Crippen molar-refractivity contribution in [3.63, 3.8) is 0 Å². The maximum atomic E-state index is 14.9. The molecule has 11 heteroatoms. The van der Waals surface area contributed by atoms with Crippen molar-refractivity contribution in [1.82, 2.24) is 19.6 Å². The second-order valence-electron chi connectivity index (χ2n) is 10.7. The largest absolute Gasteiger partial charge is 0.381 e. The molecule has 0 bridgehead atoms. The summed E-state index contributed by atoms with van der Waals surface area (Å²) in [6, 6.07) is 4.36. The van der Waals surface area contributed by atoms with Crippen molar-refractivity contribution in [2.24, 2.45) is 5.92 Å². The summed E-state index contributed by atoms with van der Waals surface area (Å²) in [6.07, 6.45) is 5.66. The average Bonchev–Trinajstić information content (AvgIpc) is 3.36. The summed E-state index contributed by atoms with van der Waals surface area (Å²) >= 11 is -2.54. The molecule has 1 unspecified atom stereocenters. The average molecular weight is 563 g/mol. The van der Waals surface area contributed by atoms with Crippen molar-refractivity contribution in [1.29, 1.82) is 0 Å². The van der Waals surface area contributed by atoms with Gasteiger partial charge in [0.05, 0.1) is 24.9 Å². The fourth-order valence-electron chi connectivity index (χ4n) is 6.15. The van der Waals surface area contributed by atoms with Crippen molar-refractivity contribution in [2.45, 2.75) is 56.4 Å². The second kappa shape index (κ2) is 13.0. The number of aromatic nitrogens is 2. The molecule has 2 aromatic rings. The van der Waals surface area contributed by atoms with Crippen LogP contribution in [0.1, 0.15) is 61.1 Å². The first-order valence-electron chi connectivity index (χ1n) is 14.2. The SMILES string of the molecule is CCc1c(C(=O)N2CCOCC2)nn([C@@H]2CCCN(CCC3CCOCC3)C2)c1-c1cccc(F)c1S(=O)O. The fourth-order valence-corrected chi connectivity index (χ4v) is 6.74. The molecule has 0 radical (unpaired) electrons. The Balaban J connectivity index is 1.51. The molecule has 5 rings (SSSR count). The van der Waals surface area contributed by atoms with Crippen LogP contribution in [-0.2, 0) is 27.0 Å². The Morgan fingerprint density at radius 1 is 1.13 bits per heavy atom. The molecule has 3 fully saturated rings. The summed E-state index contributed by atoms with van der Waals surface area (Å²) in [4.78, 5) is 17.6. The lowest BCUT2D eigenvalue weighted by Gasteiger charge is -2.35. The van der Waals surface area contributed by atoms with E-state index in [1.165, 1.54) is 6.07 Å². The van der Waals surface area contributed by atoms with Crippen LogP contribution in [-0.4, -0.2) is 93.4 Å². The predicted molar refractivity (Wildman–Crippen MR) is 146 cm³/mol. The molecule has 1 N–H and O–H groups in total. The van der Waals surface area contributed by atoms with E-state index >= 15 is 0 Å². The third-order valence-corrected chi connectivity index (χ3v) is 9.04. The normalized spacial score (nSPS) is 22.2. The predicted octanol–water partition coefficient (Wildman–Crippen LogP) is 3.76. The summed E-state index contributed by atoms with van der Waals surface area (Å²) in [5.74, 6) is -0.241. The van der Waals surface area contributed by atoms with Crippen LogP contribution >= 0.6 is 0 Å². The number of ether oxygens (including phenoxy) is 2. The Morgan fingerprint density at radius 3 is 2.59 bits per heavy atom. The van der Waals surface area contributed by atoms with Crippen LogP contribution in [0.15, 0.2) is 23.1 Å². The highest BCUT2D eigenvalue weighted by Crippen LogP contribution is 2.37. The van der Waals surface area contributed by atoms with Gasteiger partial charge in [-0.3, -0.25) is 9.48 Å². The van der Waals surface area contributed by atoms with Crippen LogP contribution in [0.4, 0.5) is 4.39 Å². The van der Waals surface area contributed by atoms with E-state index in [2.05, 4.69) is 4.90 Å². The zero-order valence-electron chi connectivity index (χ0n) is 22.6. The molecular weight excluding hydrogens is 523 g/mol. The van der Waals surface area contributed by atoms with Crippen LogP contribution < -0.4 is 0 Å². The molecule has 4 heterocycles. The zero-order valence-corrected chi connectivity index (χ0v) is 23.5. The smallest absolute Gasteiger partial charge is 0.274 e. The summed E-state index contributed by atoms with van der Waals surface area (Å²) in [5.41, 5.74) is 1.92. The molecule has 9 nitrogen and oxygen atoms in total. The lowest BCUT2D eigenvalue weighted by molar-refractivity contribution is 0.0297. The number of carbonyl (C=O) groups is 1. The maximum Gasteiger partial charge on any atom is 0.274 e. The van der Waals surface area contributed by atoms with Crippen molar-refractivity contribution >= 4 is 17.0 Å². The van der Waals surface area contributed by atoms with Gasteiger partial charge in [-0.2, -0.15) is 5.10 Å². The molecule has 2 atom stereocenters. The topological polar surface area (TPSA) is 97.1 Å². The van der Waals surface area contributed by atoms with Crippen LogP contribution in [0.2, 0.25) is 0 Å². The number of morpholine rings is 1. The monoisotopic (exact) mass is 562 g/mol. The van der Waals surface area contributed by atoms with Crippen molar-refractivity contribution in [3.8, 4) is 11.3 Å². The van der Waals surface area contributed by atoms with Crippen LogP contribution in [0.25, 0.3) is 11.3 Å². The van der Waals surface area contributed by atoms with Gasteiger partial charge in [-0.25, -0.2) is 8.60 Å². The Kier molecular flexibility index (Phi) is 9.44.